The van der Waals surface area contributed by atoms with Crippen LogP contribution in [0, 0.1) is 5.41 Å². The first-order chi connectivity index (χ1) is 13.3. The first-order valence-corrected chi connectivity index (χ1v) is 9.72. The van der Waals surface area contributed by atoms with Crippen LogP contribution in [0.15, 0.2) is 41.7 Å². The van der Waals surface area contributed by atoms with Gasteiger partial charge < -0.3 is 15.4 Å². The summed E-state index contributed by atoms with van der Waals surface area (Å²) < 4.78 is 7.26. The molecule has 0 saturated heterocycles. The van der Waals surface area contributed by atoms with Gasteiger partial charge in [-0.05, 0) is 43.7 Å². The summed E-state index contributed by atoms with van der Waals surface area (Å²) in [5, 5.41) is 15.1. The van der Waals surface area contributed by atoms with E-state index in [2.05, 4.69) is 27.8 Å². The molecule has 1 aromatic heterocycles. The number of hydrogen-bond acceptors (Lipinski definition) is 4. The molecule has 0 radical (unpaired) electrons. The van der Waals surface area contributed by atoms with E-state index < -0.39 is 0 Å². The zero-order chi connectivity index (χ0) is 19.0. The highest BCUT2D eigenvalue weighted by atomic mass is 16.5. The van der Waals surface area contributed by atoms with Crippen molar-refractivity contribution in [3.05, 3.63) is 42.5 Å². The summed E-state index contributed by atoms with van der Waals surface area (Å²) in [6, 6.07) is 10.1. The normalized spacial score (nSPS) is 16.0. The molecule has 2 aromatic rings. The van der Waals surface area contributed by atoms with Crippen LogP contribution in [0.5, 0.6) is 0 Å². The third kappa shape index (κ3) is 5.07. The number of benzene rings is 1. The van der Waals surface area contributed by atoms with E-state index in [4.69, 9.17) is 9.73 Å². The van der Waals surface area contributed by atoms with Crippen molar-refractivity contribution in [2.24, 2.45) is 10.4 Å². The van der Waals surface area contributed by atoms with Gasteiger partial charge in [0.05, 0.1) is 0 Å². The highest BCUT2D eigenvalue weighted by molar-refractivity contribution is 5.79. The van der Waals surface area contributed by atoms with Gasteiger partial charge in [0.1, 0.15) is 12.9 Å². The molecule has 27 heavy (non-hydrogen) atoms. The molecule has 1 fully saturated rings. The third-order valence-electron chi connectivity index (χ3n) is 5.26. The molecule has 0 bridgehead atoms. The zero-order valence-electron chi connectivity index (χ0n) is 16.3. The topological polar surface area (TPSA) is 76.4 Å². The van der Waals surface area contributed by atoms with E-state index in [-0.39, 0.29) is 0 Å². The number of rotatable bonds is 9. The number of aliphatic imine (C=N–C) groups is 1. The van der Waals surface area contributed by atoms with Gasteiger partial charge in [-0.1, -0.05) is 24.6 Å². The Hall–Kier alpha value is -2.41. The van der Waals surface area contributed by atoms with Crippen LogP contribution >= 0.6 is 0 Å². The molecule has 146 valence electrons. The molecule has 0 atom stereocenters. The van der Waals surface area contributed by atoms with Crippen LogP contribution in [0.25, 0.3) is 5.69 Å². The van der Waals surface area contributed by atoms with E-state index >= 15 is 0 Å². The van der Waals surface area contributed by atoms with Crippen LogP contribution in [0.1, 0.15) is 38.4 Å². The highest BCUT2D eigenvalue weighted by Crippen LogP contribution is 2.43. The Kier molecular flexibility index (Phi) is 6.81. The quantitative estimate of drug-likeness (QED) is 0.524. The Balaban J connectivity index is 1.64. The lowest BCUT2D eigenvalue weighted by Crippen LogP contribution is -2.47. The number of nitrogens with zero attached hydrogens (tertiary/aromatic N) is 4. The van der Waals surface area contributed by atoms with E-state index in [9.17, 15) is 0 Å². The molecule has 1 heterocycles. The highest BCUT2D eigenvalue weighted by Gasteiger charge is 2.36. The van der Waals surface area contributed by atoms with Gasteiger partial charge in [-0.15, -0.1) is 10.2 Å². The molecular formula is C20H30N6O. The number of aromatic nitrogens is 3. The predicted molar refractivity (Wildman–Crippen MR) is 107 cm³/mol. The summed E-state index contributed by atoms with van der Waals surface area (Å²) in [7, 11) is 1.77. The van der Waals surface area contributed by atoms with E-state index in [1.54, 1.807) is 13.4 Å². The number of nitrogens with one attached hydrogen (secondary N) is 2. The van der Waals surface area contributed by atoms with Gasteiger partial charge >= 0.3 is 0 Å². The van der Waals surface area contributed by atoms with Crippen molar-refractivity contribution in [2.45, 2.75) is 39.2 Å². The Morgan fingerprint density at radius 3 is 2.74 bits per heavy atom. The molecule has 0 amide bonds. The van der Waals surface area contributed by atoms with E-state index in [1.807, 2.05) is 34.9 Å². The molecule has 0 aliphatic heterocycles. The van der Waals surface area contributed by atoms with Crippen molar-refractivity contribution >= 4 is 5.96 Å². The largest absolute Gasteiger partial charge is 0.385 e. The summed E-state index contributed by atoms with van der Waals surface area (Å²) in [4.78, 5) is 4.72. The van der Waals surface area contributed by atoms with E-state index in [0.29, 0.717) is 12.0 Å². The van der Waals surface area contributed by atoms with Gasteiger partial charge in [0, 0.05) is 32.5 Å². The molecule has 2 N–H and O–H groups in total. The number of ether oxygens (including phenoxy) is 1. The first kappa shape index (κ1) is 19.4. The van der Waals surface area contributed by atoms with Crippen molar-refractivity contribution in [1.29, 1.82) is 0 Å². The van der Waals surface area contributed by atoms with Gasteiger partial charge in [-0.2, -0.15) is 0 Å². The minimum Gasteiger partial charge on any atom is -0.385 e. The van der Waals surface area contributed by atoms with Crippen LogP contribution in [-0.2, 0) is 11.3 Å². The molecule has 7 nitrogen and oxygen atoms in total. The van der Waals surface area contributed by atoms with Gasteiger partial charge in [-0.3, -0.25) is 4.57 Å². The number of methoxy groups -OCH3 is 1. The van der Waals surface area contributed by atoms with Crippen LogP contribution < -0.4 is 10.6 Å². The van der Waals surface area contributed by atoms with Crippen molar-refractivity contribution in [3.63, 3.8) is 0 Å². The van der Waals surface area contributed by atoms with Crippen LogP contribution in [0.4, 0.5) is 0 Å². The van der Waals surface area contributed by atoms with Crippen LogP contribution in [-0.4, -0.2) is 47.5 Å². The van der Waals surface area contributed by atoms with Gasteiger partial charge in [0.15, 0.2) is 11.8 Å². The van der Waals surface area contributed by atoms with Gasteiger partial charge in [-0.25, -0.2) is 4.99 Å². The van der Waals surface area contributed by atoms with E-state index in [0.717, 1.165) is 43.6 Å². The molecule has 0 spiro atoms. The summed E-state index contributed by atoms with van der Waals surface area (Å²) >= 11 is 0. The fourth-order valence-electron chi connectivity index (χ4n) is 3.44. The minimum absolute atomic E-state index is 0.344. The monoisotopic (exact) mass is 370 g/mol. The molecule has 1 aromatic carbocycles. The number of guanidine groups is 1. The molecule has 1 aliphatic rings. The van der Waals surface area contributed by atoms with Gasteiger partial charge in [0.2, 0.25) is 0 Å². The number of para-hydroxylation sites is 1. The lowest BCUT2D eigenvalue weighted by atomic mass is 9.67. The Bertz CT molecular complexity index is 723. The fraction of sp³-hybridized carbons (Fsp3) is 0.550. The van der Waals surface area contributed by atoms with Gasteiger partial charge in [0.25, 0.3) is 0 Å². The van der Waals surface area contributed by atoms with Crippen molar-refractivity contribution < 1.29 is 4.74 Å². The van der Waals surface area contributed by atoms with Crippen LogP contribution in [0.2, 0.25) is 0 Å². The lowest BCUT2D eigenvalue weighted by molar-refractivity contribution is 0.0732. The lowest BCUT2D eigenvalue weighted by Gasteiger charge is -2.42. The van der Waals surface area contributed by atoms with Crippen molar-refractivity contribution in [1.82, 2.24) is 25.4 Å². The number of hydrogen-bond donors (Lipinski definition) is 2. The molecule has 3 rings (SSSR count). The molecule has 1 saturated carbocycles. The SMILES string of the molecule is CCNC(=NCc1nncn1-c1ccccc1)NCC1(CCOC)CCC1. The second-order valence-electron chi connectivity index (χ2n) is 7.10. The minimum atomic E-state index is 0.344. The van der Waals surface area contributed by atoms with Crippen molar-refractivity contribution in [3.8, 4) is 5.69 Å². The Morgan fingerprint density at radius 2 is 2.07 bits per heavy atom. The molecule has 1 aliphatic carbocycles. The summed E-state index contributed by atoms with van der Waals surface area (Å²) in [5.74, 6) is 1.64. The summed E-state index contributed by atoms with van der Waals surface area (Å²) in [6.45, 7) is 5.11. The van der Waals surface area contributed by atoms with Crippen molar-refractivity contribution in [2.75, 3.05) is 26.8 Å². The third-order valence-corrected chi connectivity index (χ3v) is 5.26. The maximum Gasteiger partial charge on any atom is 0.191 e. The first-order valence-electron chi connectivity index (χ1n) is 9.72. The Labute approximate surface area is 161 Å². The average Bonchev–Trinajstić information content (AvgIpc) is 3.14. The maximum atomic E-state index is 5.29. The Morgan fingerprint density at radius 1 is 1.26 bits per heavy atom. The standard InChI is InChI=1S/C20H30N6O/c1-3-21-19(23-15-20(10-7-11-20)12-13-27-2)22-14-18-25-24-16-26(18)17-8-5-4-6-9-17/h4-6,8-9,16H,3,7,10-15H2,1-2H3,(H2,21,22,23). The second-order valence-corrected chi connectivity index (χ2v) is 7.10. The average molecular weight is 371 g/mol. The predicted octanol–water partition coefficient (Wildman–Crippen LogP) is 2.53. The molecule has 0 unspecified atom stereocenters. The second kappa shape index (κ2) is 9.50. The van der Waals surface area contributed by atoms with Crippen LogP contribution in [0.3, 0.4) is 0 Å². The zero-order valence-corrected chi connectivity index (χ0v) is 16.3. The maximum absolute atomic E-state index is 5.29. The summed E-state index contributed by atoms with van der Waals surface area (Å²) in [6.07, 6.45) is 6.64. The molecular weight excluding hydrogens is 340 g/mol. The van der Waals surface area contributed by atoms with E-state index in [1.165, 1.54) is 19.3 Å². The fourth-order valence-corrected chi connectivity index (χ4v) is 3.44. The summed E-state index contributed by atoms with van der Waals surface area (Å²) in [5.41, 5.74) is 1.38. The molecule has 7 heteroatoms. The smallest absolute Gasteiger partial charge is 0.191 e.